The summed E-state index contributed by atoms with van der Waals surface area (Å²) in [6.45, 7) is 6.15. The fourth-order valence-corrected chi connectivity index (χ4v) is 7.31. The first-order valence-electron chi connectivity index (χ1n) is 20.7. The molecule has 0 spiro atoms. The molecule has 0 radical (unpaired) electrons. The summed E-state index contributed by atoms with van der Waals surface area (Å²) in [4.78, 5) is 0. The molecule has 6 aromatic rings. The number of rotatable bonds is 18. The number of para-hydroxylation sites is 2. The predicted octanol–water partition coefficient (Wildman–Crippen LogP) is 15.4. The summed E-state index contributed by atoms with van der Waals surface area (Å²) in [7, 11) is 0. The van der Waals surface area contributed by atoms with Crippen LogP contribution >= 0.6 is 0 Å². The lowest BCUT2D eigenvalue weighted by Gasteiger charge is -2.43. The average Bonchev–Trinajstić information content (AvgIpc) is 3.23. The summed E-state index contributed by atoms with van der Waals surface area (Å²) in [5.74, 6) is -3.58. The van der Waals surface area contributed by atoms with E-state index in [4.69, 9.17) is 14.2 Å². The van der Waals surface area contributed by atoms with Crippen LogP contribution in [0.15, 0.2) is 146 Å². The predicted molar refractivity (Wildman–Crippen MR) is 228 cm³/mol. The Morgan fingerprint density at radius 1 is 0.348 bits per heavy atom. The van der Waals surface area contributed by atoms with Gasteiger partial charge in [-0.3, -0.25) is 0 Å². The molecule has 6 rings (SSSR count). The van der Waals surface area contributed by atoms with Crippen LogP contribution in [0.25, 0.3) is 0 Å². The third-order valence-electron chi connectivity index (χ3n) is 10.8. The van der Waals surface area contributed by atoms with Crippen LogP contribution in [0.4, 0.5) is 52.7 Å². The Kier molecular flexibility index (Phi) is 15.3. The molecule has 69 heavy (non-hydrogen) atoms. The second-order valence-corrected chi connectivity index (χ2v) is 16.6. The quantitative estimate of drug-likeness (QED) is 0.0795. The molecule has 0 fully saturated rings. The standard InChI is InChI=1S/C50H42F12O7/c1-45(2,33-21-23-39(66-47(51,52)53)41(29-33)68-49(57,58)59)43(27-31-13-11-19-37(25-31)63-35-15-7-5-8-16-35)65-44(28-32-14-12-20-38(26-32)64-36-17-9-6-10-18-36)46(3,4)34-22-24-40(67-48(54,55)56)42(30-34)69-50(60,61)62/h5-26,29-30,43-44H,27-28H2,1-4H3. The molecule has 0 saturated heterocycles. The van der Waals surface area contributed by atoms with E-state index in [0.29, 0.717) is 46.3 Å². The van der Waals surface area contributed by atoms with Crippen LogP contribution in [0, 0.1) is 0 Å². The number of hydrogen-bond acceptors (Lipinski definition) is 7. The zero-order valence-corrected chi connectivity index (χ0v) is 36.8. The van der Waals surface area contributed by atoms with Gasteiger partial charge in [0, 0.05) is 10.8 Å². The summed E-state index contributed by atoms with van der Waals surface area (Å²) in [5.41, 5.74) is -2.04. The number of ether oxygens (including phenoxy) is 7. The van der Waals surface area contributed by atoms with Gasteiger partial charge in [0.05, 0.1) is 12.2 Å². The van der Waals surface area contributed by atoms with Gasteiger partial charge in [0.1, 0.15) is 23.0 Å². The Balaban J connectivity index is 1.51. The van der Waals surface area contributed by atoms with E-state index >= 15 is 0 Å². The van der Waals surface area contributed by atoms with Crippen LogP contribution in [0.1, 0.15) is 49.9 Å². The minimum atomic E-state index is -5.47. The minimum absolute atomic E-state index is 0.0395. The van der Waals surface area contributed by atoms with Gasteiger partial charge in [0.25, 0.3) is 0 Å². The van der Waals surface area contributed by atoms with Crippen LogP contribution < -0.4 is 28.4 Å². The van der Waals surface area contributed by atoms with Gasteiger partial charge in [-0.25, -0.2) is 0 Å². The number of halogens is 12. The molecule has 2 atom stereocenters. The van der Waals surface area contributed by atoms with Crippen molar-refractivity contribution in [2.75, 3.05) is 0 Å². The number of alkyl halides is 12. The van der Waals surface area contributed by atoms with Crippen molar-refractivity contribution >= 4 is 0 Å². The highest BCUT2D eigenvalue weighted by Crippen LogP contribution is 2.45. The van der Waals surface area contributed by atoms with Crippen molar-refractivity contribution in [3.8, 4) is 46.0 Å². The minimum Gasteiger partial charge on any atom is -0.457 e. The Morgan fingerprint density at radius 3 is 1.00 bits per heavy atom. The second-order valence-electron chi connectivity index (χ2n) is 16.6. The van der Waals surface area contributed by atoms with E-state index in [1.54, 1.807) is 109 Å². The molecule has 0 saturated carbocycles. The van der Waals surface area contributed by atoms with Crippen molar-refractivity contribution in [1.82, 2.24) is 0 Å². The van der Waals surface area contributed by atoms with Crippen LogP contribution in [0.2, 0.25) is 0 Å². The van der Waals surface area contributed by atoms with Gasteiger partial charge in [0.2, 0.25) is 0 Å². The highest BCUT2D eigenvalue weighted by Gasteiger charge is 2.44. The van der Waals surface area contributed by atoms with E-state index in [-0.39, 0.29) is 24.0 Å². The summed E-state index contributed by atoms with van der Waals surface area (Å²) < 4.78 is 198. The lowest BCUT2D eigenvalue weighted by Crippen LogP contribution is -2.46. The molecule has 0 amide bonds. The Morgan fingerprint density at radius 2 is 0.667 bits per heavy atom. The van der Waals surface area contributed by atoms with Crippen molar-refractivity contribution in [2.45, 2.75) is 89.0 Å². The van der Waals surface area contributed by atoms with Crippen molar-refractivity contribution in [3.05, 3.63) is 168 Å². The number of hydrogen-bond donors (Lipinski definition) is 0. The lowest BCUT2D eigenvalue weighted by atomic mass is 9.74. The van der Waals surface area contributed by atoms with Gasteiger partial charge in [-0.2, -0.15) is 0 Å². The van der Waals surface area contributed by atoms with E-state index in [9.17, 15) is 52.7 Å². The fraction of sp³-hybridized carbons (Fsp3) is 0.280. The molecule has 0 N–H and O–H groups in total. The monoisotopic (exact) mass is 982 g/mol. The number of benzene rings is 6. The maximum absolute atomic E-state index is 13.7. The van der Waals surface area contributed by atoms with E-state index < -0.39 is 71.5 Å². The Hall–Kier alpha value is -6.76. The summed E-state index contributed by atoms with van der Waals surface area (Å²) in [5, 5.41) is 0. The lowest BCUT2D eigenvalue weighted by molar-refractivity contribution is -0.287. The maximum atomic E-state index is 13.7. The molecule has 19 heteroatoms. The molecular formula is C50H42F12O7. The molecule has 0 aromatic heterocycles. The molecule has 0 aliphatic heterocycles. The van der Waals surface area contributed by atoms with Gasteiger partial charge in [-0.15, -0.1) is 52.7 Å². The third kappa shape index (κ3) is 15.1. The molecule has 2 unspecified atom stereocenters. The summed E-state index contributed by atoms with van der Waals surface area (Å²) in [6.07, 6.45) is -24.4. The SMILES string of the molecule is CC(C)(c1ccc(OC(F)(F)F)c(OC(F)(F)F)c1)C(Cc1cccc(Oc2ccccc2)c1)OC(Cc1cccc(Oc2ccccc2)c1)C(C)(C)c1ccc(OC(F)(F)F)c(OC(F)(F)F)c1. The van der Waals surface area contributed by atoms with Gasteiger partial charge in [-0.1, -0.05) is 100 Å². The topological polar surface area (TPSA) is 64.6 Å². The first-order valence-corrected chi connectivity index (χ1v) is 20.7. The second kappa shape index (κ2) is 20.5. The van der Waals surface area contributed by atoms with Crippen LogP contribution in [-0.4, -0.2) is 37.7 Å². The van der Waals surface area contributed by atoms with Crippen molar-refractivity contribution in [2.24, 2.45) is 0 Å². The van der Waals surface area contributed by atoms with Crippen molar-refractivity contribution in [3.63, 3.8) is 0 Å². The van der Waals surface area contributed by atoms with E-state index in [1.165, 1.54) is 27.7 Å². The van der Waals surface area contributed by atoms with Crippen LogP contribution in [0.3, 0.4) is 0 Å². The first kappa shape index (κ1) is 51.6. The zero-order chi connectivity index (χ0) is 50.4. The maximum Gasteiger partial charge on any atom is 0.573 e. The van der Waals surface area contributed by atoms with Gasteiger partial charge in [-0.05, 0) is 108 Å². The highest BCUT2D eigenvalue weighted by molar-refractivity contribution is 5.48. The summed E-state index contributed by atoms with van der Waals surface area (Å²) in [6, 6.07) is 35.6. The zero-order valence-electron chi connectivity index (χ0n) is 36.8. The largest absolute Gasteiger partial charge is 0.573 e. The third-order valence-corrected chi connectivity index (χ3v) is 10.8. The fourth-order valence-electron chi connectivity index (χ4n) is 7.31. The molecule has 7 nitrogen and oxygen atoms in total. The van der Waals surface area contributed by atoms with E-state index in [1.807, 2.05) is 0 Å². The molecule has 0 heterocycles. The normalized spacial score (nSPS) is 13.6. The smallest absolute Gasteiger partial charge is 0.457 e. The van der Waals surface area contributed by atoms with Gasteiger partial charge >= 0.3 is 25.4 Å². The van der Waals surface area contributed by atoms with Crippen LogP contribution in [-0.2, 0) is 28.4 Å². The molecule has 0 aliphatic carbocycles. The first-order chi connectivity index (χ1) is 32.1. The van der Waals surface area contributed by atoms with E-state index in [0.717, 1.165) is 24.3 Å². The molecule has 0 aliphatic rings. The van der Waals surface area contributed by atoms with Crippen molar-refractivity contribution < 1.29 is 85.8 Å². The molecule has 0 bridgehead atoms. The Labute approximate surface area is 388 Å². The highest BCUT2D eigenvalue weighted by atomic mass is 19.4. The van der Waals surface area contributed by atoms with Gasteiger partial charge in [0.15, 0.2) is 23.0 Å². The molecular weight excluding hydrogens is 941 g/mol. The molecule has 6 aromatic carbocycles. The van der Waals surface area contributed by atoms with E-state index in [2.05, 4.69) is 18.9 Å². The van der Waals surface area contributed by atoms with Crippen molar-refractivity contribution in [1.29, 1.82) is 0 Å². The molecule has 368 valence electrons. The average molecular weight is 983 g/mol. The van der Waals surface area contributed by atoms with Crippen LogP contribution in [0.5, 0.6) is 46.0 Å². The Bertz CT molecular complexity index is 2450. The summed E-state index contributed by atoms with van der Waals surface area (Å²) >= 11 is 0. The van der Waals surface area contributed by atoms with Gasteiger partial charge < -0.3 is 33.2 Å².